The molecule has 0 radical (unpaired) electrons. The minimum absolute atomic E-state index is 0.294. The molecular formula is C13H22ClN3. The van der Waals surface area contributed by atoms with Crippen LogP contribution in [0.25, 0.3) is 0 Å². The molecule has 0 spiro atoms. The van der Waals surface area contributed by atoms with Gasteiger partial charge in [-0.05, 0) is 25.3 Å². The molecule has 1 aromatic heterocycles. The van der Waals surface area contributed by atoms with Gasteiger partial charge in [-0.2, -0.15) is 5.10 Å². The van der Waals surface area contributed by atoms with E-state index < -0.39 is 0 Å². The van der Waals surface area contributed by atoms with Gasteiger partial charge in [0.1, 0.15) is 0 Å². The van der Waals surface area contributed by atoms with Crippen LogP contribution in [0.5, 0.6) is 0 Å². The monoisotopic (exact) mass is 255 g/mol. The van der Waals surface area contributed by atoms with E-state index in [1.807, 2.05) is 18.8 Å². The van der Waals surface area contributed by atoms with Crippen molar-refractivity contribution in [3.05, 3.63) is 16.9 Å². The normalized spacial score (nSPS) is 21.4. The van der Waals surface area contributed by atoms with Crippen molar-refractivity contribution in [1.29, 1.82) is 0 Å². The quantitative estimate of drug-likeness (QED) is 0.898. The molecule has 0 saturated heterocycles. The summed E-state index contributed by atoms with van der Waals surface area (Å²) in [5.74, 6) is 0. The van der Waals surface area contributed by atoms with Gasteiger partial charge < -0.3 is 5.32 Å². The van der Waals surface area contributed by atoms with Gasteiger partial charge in [0.25, 0.3) is 0 Å². The summed E-state index contributed by atoms with van der Waals surface area (Å²) in [4.78, 5) is 0. The van der Waals surface area contributed by atoms with Gasteiger partial charge in [0.05, 0.1) is 23.0 Å². The van der Waals surface area contributed by atoms with E-state index in [4.69, 9.17) is 11.6 Å². The molecule has 96 valence electrons. The molecule has 0 amide bonds. The predicted molar refractivity (Wildman–Crippen MR) is 71.2 cm³/mol. The van der Waals surface area contributed by atoms with Crippen molar-refractivity contribution >= 4 is 11.6 Å². The number of halogens is 1. The molecule has 1 saturated carbocycles. The topological polar surface area (TPSA) is 29.9 Å². The van der Waals surface area contributed by atoms with Crippen LogP contribution in [0.2, 0.25) is 5.02 Å². The molecular weight excluding hydrogens is 234 g/mol. The highest BCUT2D eigenvalue weighted by Gasteiger charge is 2.38. The maximum Gasteiger partial charge on any atom is 0.0834 e. The van der Waals surface area contributed by atoms with Crippen molar-refractivity contribution in [3.8, 4) is 0 Å². The van der Waals surface area contributed by atoms with Crippen molar-refractivity contribution in [2.45, 2.75) is 45.1 Å². The van der Waals surface area contributed by atoms with E-state index in [-0.39, 0.29) is 0 Å². The Bertz CT molecular complexity index is 361. The lowest BCUT2D eigenvalue weighted by atomic mass is 9.69. The fraction of sp³-hybridized carbons (Fsp3) is 0.769. The maximum atomic E-state index is 6.28. The Morgan fingerprint density at radius 3 is 2.53 bits per heavy atom. The molecule has 1 aromatic rings. The summed E-state index contributed by atoms with van der Waals surface area (Å²) in [6, 6.07) is 0.294. The number of rotatable bonds is 3. The average molecular weight is 256 g/mol. The van der Waals surface area contributed by atoms with Crippen LogP contribution >= 0.6 is 11.6 Å². The van der Waals surface area contributed by atoms with E-state index in [0.717, 1.165) is 10.7 Å². The van der Waals surface area contributed by atoms with E-state index in [1.165, 1.54) is 32.1 Å². The molecule has 3 nitrogen and oxygen atoms in total. The van der Waals surface area contributed by atoms with Crippen LogP contribution in [0.3, 0.4) is 0 Å². The molecule has 1 N–H and O–H groups in total. The Morgan fingerprint density at radius 2 is 2.06 bits per heavy atom. The first-order chi connectivity index (χ1) is 8.08. The first-order valence-electron chi connectivity index (χ1n) is 6.43. The van der Waals surface area contributed by atoms with E-state index >= 15 is 0 Å². The minimum Gasteiger partial charge on any atom is -0.311 e. The largest absolute Gasteiger partial charge is 0.311 e. The number of aromatic nitrogens is 2. The van der Waals surface area contributed by atoms with Gasteiger partial charge in [-0.25, -0.2) is 0 Å². The van der Waals surface area contributed by atoms with Crippen LogP contribution < -0.4 is 5.32 Å². The third-order valence-electron chi connectivity index (χ3n) is 4.19. The molecule has 1 heterocycles. The molecule has 2 rings (SSSR count). The first kappa shape index (κ1) is 12.9. The van der Waals surface area contributed by atoms with Crippen LogP contribution in [0.4, 0.5) is 0 Å². The van der Waals surface area contributed by atoms with Crippen LogP contribution in [0.15, 0.2) is 6.20 Å². The summed E-state index contributed by atoms with van der Waals surface area (Å²) in [6.45, 7) is 2.37. The van der Waals surface area contributed by atoms with Crippen LogP contribution in [0.1, 0.15) is 50.8 Å². The number of nitrogens with one attached hydrogen (secondary N) is 1. The van der Waals surface area contributed by atoms with Gasteiger partial charge in [0.15, 0.2) is 0 Å². The summed E-state index contributed by atoms with van der Waals surface area (Å²) in [5.41, 5.74) is 1.42. The highest BCUT2D eigenvalue weighted by molar-refractivity contribution is 6.31. The fourth-order valence-electron chi connectivity index (χ4n) is 3.21. The SMILES string of the molecule is CNC(c1c(Cl)cnn1C)C1(C)CCCCC1. The van der Waals surface area contributed by atoms with E-state index in [0.29, 0.717) is 11.5 Å². The number of aryl methyl sites for hydroxylation is 1. The minimum atomic E-state index is 0.294. The van der Waals surface area contributed by atoms with Crippen LogP contribution in [-0.2, 0) is 7.05 Å². The molecule has 1 atom stereocenters. The maximum absolute atomic E-state index is 6.28. The third kappa shape index (κ3) is 2.36. The third-order valence-corrected chi connectivity index (χ3v) is 4.48. The predicted octanol–water partition coefficient (Wildman–Crippen LogP) is 3.30. The molecule has 1 aliphatic carbocycles. The molecule has 0 bridgehead atoms. The number of nitrogens with zero attached hydrogens (tertiary/aromatic N) is 2. The Kier molecular flexibility index (Phi) is 3.79. The Labute approximate surface area is 109 Å². The van der Waals surface area contributed by atoms with Gasteiger partial charge >= 0.3 is 0 Å². The van der Waals surface area contributed by atoms with Crippen molar-refractivity contribution in [2.75, 3.05) is 7.05 Å². The summed E-state index contributed by atoms with van der Waals surface area (Å²) in [6.07, 6.45) is 8.28. The zero-order valence-electron chi connectivity index (χ0n) is 11.0. The smallest absolute Gasteiger partial charge is 0.0834 e. The summed E-state index contributed by atoms with van der Waals surface area (Å²) >= 11 is 6.28. The summed E-state index contributed by atoms with van der Waals surface area (Å²) < 4.78 is 1.91. The van der Waals surface area contributed by atoms with Gasteiger partial charge in [-0.15, -0.1) is 0 Å². The highest BCUT2D eigenvalue weighted by Crippen LogP contribution is 2.46. The molecule has 0 aliphatic heterocycles. The summed E-state index contributed by atoms with van der Waals surface area (Å²) in [7, 11) is 3.99. The molecule has 4 heteroatoms. The Balaban J connectivity index is 2.32. The van der Waals surface area contributed by atoms with Gasteiger partial charge in [0, 0.05) is 7.05 Å². The molecule has 1 unspecified atom stereocenters. The molecule has 0 aromatic carbocycles. The molecule has 1 aliphatic rings. The summed E-state index contributed by atoms with van der Waals surface area (Å²) in [5, 5.41) is 8.48. The van der Waals surface area contributed by atoms with E-state index in [2.05, 4.69) is 17.3 Å². The zero-order chi connectivity index (χ0) is 12.5. The van der Waals surface area contributed by atoms with Crippen molar-refractivity contribution in [2.24, 2.45) is 12.5 Å². The second kappa shape index (κ2) is 4.99. The zero-order valence-corrected chi connectivity index (χ0v) is 11.7. The fourth-order valence-corrected chi connectivity index (χ4v) is 3.48. The standard InChI is InChI=1S/C13H22ClN3/c1-13(7-5-4-6-8-13)12(15-2)11-10(14)9-16-17(11)3/h9,12,15H,4-8H2,1-3H3. The molecule has 1 fully saturated rings. The second-order valence-corrected chi connectivity index (χ2v) is 5.84. The Hall–Kier alpha value is -0.540. The lowest BCUT2D eigenvalue weighted by Gasteiger charge is -2.40. The number of hydrogen-bond acceptors (Lipinski definition) is 2. The van der Waals surface area contributed by atoms with Gasteiger partial charge in [0.2, 0.25) is 0 Å². The number of hydrogen-bond donors (Lipinski definition) is 1. The van der Waals surface area contributed by atoms with Crippen LogP contribution in [0, 0.1) is 5.41 Å². The van der Waals surface area contributed by atoms with Gasteiger partial charge in [-0.3, -0.25) is 4.68 Å². The van der Waals surface area contributed by atoms with E-state index in [9.17, 15) is 0 Å². The lowest BCUT2D eigenvalue weighted by Crippen LogP contribution is -2.37. The first-order valence-corrected chi connectivity index (χ1v) is 6.81. The highest BCUT2D eigenvalue weighted by atomic mass is 35.5. The van der Waals surface area contributed by atoms with Crippen molar-refractivity contribution in [1.82, 2.24) is 15.1 Å². The lowest BCUT2D eigenvalue weighted by molar-refractivity contribution is 0.145. The average Bonchev–Trinajstić information content (AvgIpc) is 2.63. The van der Waals surface area contributed by atoms with Crippen molar-refractivity contribution in [3.63, 3.8) is 0 Å². The molecule has 17 heavy (non-hydrogen) atoms. The van der Waals surface area contributed by atoms with E-state index in [1.54, 1.807) is 6.20 Å². The Morgan fingerprint density at radius 1 is 1.41 bits per heavy atom. The van der Waals surface area contributed by atoms with Crippen LogP contribution in [-0.4, -0.2) is 16.8 Å². The second-order valence-electron chi connectivity index (χ2n) is 5.44. The van der Waals surface area contributed by atoms with Crippen molar-refractivity contribution < 1.29 is 0 Å². The van der Waals surface area contributed by atoms with Gasteiger partial charge in [-0.1, -0.05) is 37.8 Å².